The first-order chi connectivity index (χ1) is 12.8. The molecule has 0 aromatic heterocycles. The molecule has 4 heteroatoms. The summed E-state index contributed by atoms with van der Waals surface area (Å²) in [6.45, 7) is 4.09. The topological polar surface area (TPSA) is 36.9 Å². The molecule has 0 amide bonds. The summed E-state index contributed by atoms with van der Waals surface area (Å²) in [4.78, 5) is 0. The monoisotopic (exact) mass is 354 g/mol. The fourth-order valence-electron chi connectivity index (χ4n) is 2.81. The lowest BCUT2D eigenvalue weighted by Crippen LogP contribution is -2.41. The van der Waals surface area contributed by atoms with Crippen LogP contribution in [0.1, 0.15) is 18.1 Å². The predicted octanol–water partition coefficient (Wildman–Crippen LogP) is 4.11. The number of hydrogen-bond donors (Lipinski definition) is 0. The first-order valence-corrected chi connectivity index (χ1v) is 9.07. The molecule has 1 aliphatic heterocycles. The van der Waals surface area contributed by atoms with Crippen LogP contribution in [0.2, 0.25) is 0 Å². The summed E-state index contributed by atoms with van der Waals surface area (Å²) < 4.78 is 23.5. The van der Waals surface area contributed by atoms with Crippen molar-refractivity contribution in [3.05, 3.63) is 83.9 Å². The van der Waals surface area contributed by atoms with Crippen molar-refractivity contribution in [1.29, 1.82) is 0 Å². The highest BCUT2D eigenvalue weighted by Crippen LogP contribution is 2.19. The van der Waals surface area contributed by atoms with Crippen molar-refractivity contribution in [2.24, 2.45) is 0 Å². The number of rotatable bonds is 9. The highest BCUT2D eigenvalue weighted by atomic mass is 16.7. The minimum absolute atomic E-state index is 0.164. The van der Waals surface area contributed by atoms with Gasteiger partial charge in [0.1, 0.15) is 12.2 Å². The van der Waals surface area contributed by atoms with Gasteiger partial charge in [-0.2, -0.15) is 0 Å². The maximum absolute atomic E-state index is 6.06. The maximum atomic E-state index is 6.06. The van der Waals surface area contributed by atoms with Crippen molar-refractivity contribution in [3.63, 3.8) is 0 Å². The van der Waals surface area contributed by atoms with Crippen molar-refractivity contribution in [1.82, 2.24) is 0 Å². The Bertz CT molecular complexity index is 656. The minimum atomic E-state index is -0.345. The Morgan fingerprint density at radius 3 is 2.12 bits per heavy atom. The largest absolute Gasteiger partial charge is 0.374 e. The van der Waals surface area contributed by atoms with Crippen LogP contribution in [0.25, 0.3) is 0 Å². The van der Waals surface area contributed by atoms with Gasteiger partial charge in [-0.05, 0) is 24.1 Å². The second-order valence-electron chi connectivity index (χ2n) is 6.15. The quantitative estimate of drug-likeness (QED) is 0.635. The van der Waals surface area contributed by atoms with E-state index in [2.05, 4.69) is 12.1 Å². The molecule has 0 fully saturated rings. The summed E-state index contributed by atoms with van der Waals surface area (Å²) >= 11 is 0. The number of ether oxygens (including phenoxy) is 4. The van der Waals surface area contributed by atoms with Gasteiger partial charge in [0.15, 0.2) is 6.29 Å². The van der Waals surface area contributed by atoms with E-state index in [9.17, 15) is 0 Å². The van der Waals surface area contributed by atoms with Gasteiger partial charge in [0, 0.05) is 6.61 Å². The van der Waals surface area contributed by atoms with Crippen molar-refractivity contribution in [2.45, 2.75) is 38.6 Å². The minimum Gasteiger partial charge on any atom is -0.374 e. The molecule has 1 heterocycles. The second-order valence-corrected chi connectivity index (χ2v) is 6.15. The van der Waals surface area contributed by atoms with Crippen molar-refractivity contribution < 1.29 is 18.9 Å². The van der Waals surface area contributed by atoms with Crippen LogP contribution in [0.3, 0.4) is 0 Å². The molecule has 3 rings (SSSR count). The third kappa shape index (κ3) is 5.78. The van der Waals surface area contributed by atoms with Crippen LogP contribution < -0.4 is 0 Å². The van der Waals surface area contributed by atoms with Crippen LogP contribution in [-0.4, -0.2) is 31.7 Å². The van der Waals surface area contributed by atoms with E-state index in [1.54, 1.807) is 0 Å². The second kappa shape index (κ2) is 10.2. The first kappa shape index (κ1) is 18.8. The van der Waals surface area contributed by atoms with Gasteiger partial charge in [-0.25, -0.2) is 0 Å². The van der Waals surface area contributed by atoms with Gasteiger partial charge < -0.3 is 18.9 Å². The third-order valence-electron chi connectivity index (χ3n) is 4.14. The molecule has 0 bridgehead atoms. The summed E-state index contributed by atoms with van der Waals surface area (Å²) in [5, 5.41) is 0. The van der Waals surface area contributed by atoms with Crippen molar-refractivity contribution >= 4 is 0 Å². The van der Waals surface area contributed by atoms with E-state index in [-0.39, 0.29) is 18.5 Å². The van der Waals surface area contributed by atoms with Crippen LogP contribution in [-0.2, 0) is 32.2 Å². The SMILES string of the molecule is CCO[C@@H]1C=C[C@H](OCc2ccccc2)[C@@H](COCc2ccccc2)O1. The van der Waals surface area contributed by atoms with Gasteiger partial charge in [-0.3, -0.25) is 0 Å². The number of benzene rings is 2. The standard InChI is InChI=1S/C22H26O4/c1-2-24-22-14-13-20(25-16-19-11-7-4-8-12-19)21(26-22)17-23-15-18-9-5-3-6-10-18/h3-14,20-22H,2,15-17H2,1H3/t20-,21+,22-/m0/s1. The molecule has 0 radical (unpaired) electrons. The van der Waals surface area contributed by atoms with Gasteiger partial charge in [-0.1, -0.05) is 66.7 Å². The average Bonchev–Trinajstić information content (AvgIpc) is 2.69. The molecule has 0 spiro atoms. The Morgan fingerprint density at radius 2 is 1.46 bits per heavy atom. The molecule has 0 N–H and O–H groups in total. The van der Waals surface area contributed by atoms with E-state index in [1.807, 2.05) is 67.6 Å². The van der Waals surface area contributed by atoms with E-state index in [1.165, 1.54) is 0 Å². The highest BCUT2D eigenvalue weighted by Gasteiger charge is 2.28. The summed E-state index contributed by atoms with van der Waals surface area (Å²) in [6.07, 6.45) is 3.21. The molecular weight excluding hydrogens is 328 g/mol. The van der Waals surface area contributed by atoms with Gasteiger partial charge in [0.2, 0.25) is 0 Å². The Kier molecular flexibility index (Phi) is 7.40. The highest BCUT2D eigenvalue weighted by molar-refractivity contribution is 5.14. The fraction of sp³-hybridized carbons (Fsp3) is 0.364. The number of hydrogen-bond acceptors (Lipinski definition) is 4. The molecule has 0 saturated carbocycles. The zero-order valence-electron chi connectivity index (χ0n) is 15.1. The van der Waals surface area contributed by atoms with Crippen LogP contribution in [0, 0.1) is 0 Å². The molecular formula is C22H26O4. The third-order valence-corrected chi connectivity index (χ3v) is 4.14. The Labute approximate surface area is 155 Å². The van der Waals surface area contributed by atoms with E-state index in [4.69, 9.17) is 18.9 Å². The summed E-state index contributed by atoms with van der Waals surface area (Å²) in [7, 11) is 0. The van der Waals surface area contributed by atoms with Crippen LogP contribution >= 0.6 is 0 Å². The van der Waals surface area contributed by atoms with Gasteiger partial charge in [0.25, 0.3) is 0 Å². The molecule has 2 aromatic rings. The maximum Gasteiger partial charge on any atom is 0.177 e. The molecule has 3 atom stereocenters. The van der Waals surface area contributed by atoms with Gasteiger partial charge >= 0.3 is 0 Å². The van der Waals surface area contributed by atoms with E-state index >= 15 is 0 Å². The van der Waals surface area contributed by atoms with Crippen LogP contribution in [0.15, 0.2) is 72.8 Å². The Morgan fingerprint density at radius 1 is 0.808 bits per heavy atom. The molecule has 0 saturated heterocycles. The van der Waals surface area contributed by atoms with Crippen LogP contribution in [0.5, 0.6) is 0 Å². The van der Waals surface area contributed by atoms with E-state index in [0.717, 1.165) is 11.1 Å². The van der Waals surface area contributed by atoms with Crippen LogP contribution in [0.4, 0.5) is 0 Å². The fourth-order valence-corrected chi connectivity index (χ4v) is 2.81. The zero-order chi connectivity index (χ0) is 18.0. The molecule has 26 heavy (non-hydrogen) atoms. The Hall–Kier alpha value is -1.98. The summed E-state index contributed by atoms with van der Waals surface area (Å²) in [6, 6.07) is 20.2. The normalized spacial score (nSPS) is 22.4. The lowest BCUT2D eigenvalue weighted by Gasteiger charge is -2.32. The average molecular weight is 354 g/mol. The molecule has 0 unspecified atom stereocenters. The smallest absolute Gasteiger partial charge is 0.177 e. The van der Waals surface area contributed by atoms with E-state index < -0.39 is 0 Å². The zero-order valence-corrected chi connectivity index (χ0v) is 15.1. The molecule has 0 aliphatic carbocycles. The lowest BCUT2D eigenvalue weighted by atomic mass is 10.1. The first-order valence-electron chi connectivity index (χ1n) is 9.07. The Balaban J connectivity index is 1.55. The van der Waals surface area contributed by atoms with E-state index in [0.29, 0.717) is 26.4 Å². The van der Waals surface area contributed by atoms with Gasteiger partial charge in [0.05, 0.1) is 19.8 Å². The lowest BCUT2D eigenvalue weighted by molar-refractivity contribution is -0.193. The summed E-state index contributed by atoms with van der Waals surface area (Å²) in [5.41, 5.74) is 2.28. The summed E-state index contributed by atoms with van der Waals surface area (Å²) in [5.74, 6) is 0. The molecule has 1 aliphatic rings. The molecule has 138 valence electrons. The van der Waals surface area contributed by atoms with Gasteiger partial charge in [-0.15, -0.1) is 0 Å². The molecule has 2 aromatic carbocycles. The predicted molar refractivity (Wildman–Crippen MR) is 101 cm³/mol. The molecule has 4 nitrogen and oxygen atoms in total. The van der Waals surface area contributed by atoms with Crippen molar-refractivity contribution in [2.75, 3.05) is 13.2 Å². The van der Waals surface area contributed by atoms with Crippen molar-refractivity contribution in [3.8, 4) is 0 Å².